The van der Waals surface area contributed by atoms with E-state index < -0.39 is 0 Å². The molecule has 3 N–H and O–H groups in total. The lowest BCUT2D eigenvalue weighted by atomic mass is 10.2. The Hall–Kier alpha value is -0.370. The number of nitrogens with one attached hydrogen (secondary N) is 2. The third kappa shape index (κ3) is 5.81. The number of hydrogen-bond donors (Lipinski definition) is 3. The molecule has 1 aromatic heterocycles. The molecule has 0 radical (unpaired) electrons. The zero-order chi connectivity index (χ0) is 16.4. The quantitative estimate of drug-likeness (QED) is 0.635. The standard InChI is InChI=1S/C16H23ClN4OS.2ClH/c1-10(22)7-11(2)23-16-19-13-8-12(17)15(9-14(13)20-16)21-5-3-18-4-6-21;;/h8-11,18,22H,3-7H2,1-2H3,(H,19,20);2*1H/t10-,11-;;/m1../s1. The van der Waals surface area contributed by atoms with E-state index in [1.54, 1.807) is 11.8 Å². The van der Waals surface area contributed by atoms with Gasteiger partial charge in [0, 0.05) is 31.4 Å². The second-order valence-electron chi connectivity index (χ2n) is 6.11. The Morgan fingerprint density at radius 1 is 1.28 bits per heavy atom. The Bertz CT molecular complexity index is 677. The van der Waals surface area contributed by atoms with Gasteiger partial charge in [-0.15, -0.1) is 24.8 Å². The van der Waals surface area contributed by atoms with Gasteiger partial charge in [0.1, 0.15) is 0 Å². The van der Waals surface area contributed by atoms with Crippen molar-refractivity contribution in [3.05, 3.63) is 17.2 Å². The summed E-state index contributed by atoms with van der Waals surface area (Å²) in [5.41, 5.74) is 2.95. The molecule has 1 aromatic carbocycles. The topological polar surface area (TPSA) is 64.2 Å². The molecular weight excluding hydrogens is 403 g/mol. The van der Waals surface area contributed by atoms with Crippen molar-refractivity contribution >= 4 is 64.9 Å². The molecule has 0 amide bonds. The molecule has 0 unspecified atom stereocenters. The number of H-pyrrole nitrogens is 1. The highest BCUT2D eigenvalue weighted by molar-refractivity contribution is 7.99. The average Bonchev–Trinajstić information content (AvgIpc) is 2.87. The molecule has 0 aliphatic carbocycles. The van der Waals surface area contributed by atoms with Crippen molar-refractivity contribution in [2.45, 2.75) is 36.8 Å². The average molecular weight is 428 g/mol. The minimum Gasteiger partial charge on any atom is -0.393 e. The minimum absolute atomic E-state index is 0. The molecule has 9 heteroatoms. The molecule has 2 heterocycles. The molecule has 0 spiro atoms. The lowest BCUT2D eigenvalue weighted by Gasteiger charge is -2.30. The second kappa shape index (κ2) is 10.1. The van der Waals surface area contributed by atoms with Crippen LogP contribution in [0.5, 0.6) is 0 Å². The van der Waals surface area contributed by atoms with Crippen LogP contribution < -0.4 is 10.2 Å². The van der Waals surface area contributed by atoms with E-state index in [1.165, 1.54) is 0 Å². The van der Waals surface area contributed by atoms with E-state index in [2.05, 4.69) is 33.2 Å². The smallest absolute Gasteiger partial charge is 0.166 e. The number of aliphatic hydroxyl groups is 1. The van der Waals surface area contributed by atoms with E-state index in [1.807, 2.05) is 13.0 Å². The normalized spacial score (nSPS) is 16.9. The Labute approximate surface area is 170 Å². The monoisotopic (exact) mass is 426 g/mol. The van der Waals surface area contributed by atoms with Gasteiger partial charge in [0.15, 0.2) is 5.16 Å². The van der Waals surface area contributed by atoms with Gasteiger partial charge in [0.25, 0.3) is 0 Å². The van der Waals surface area contributed by atoms with Crippen LogP contribution in [0.2, 0.25) is 5.02 Å². The molecule has 142 valence electrons. The van der Waals surface area contributed by atoms with Crippen LogP contribution in [0.1, 0.15) is 20.3 Å². The highest BCUT2D eigenvalue weighted by Crippen LogP contribution is 2.32. The number of halogens is 3. The molecular formula is C16H25Cl3N4OS. The van der Waals surface area contributed by atoms with Gasteiger partial charge in [-0.25, -0.2) is 4.98 Å². The molecule has 0 saturated carbocycles. The minimum atomic E-state index is -0.296. The van der Waals surface area contributed by atoms with E-state index in [-0.39, 0.29) is 30.9 Å². The van der Waals surface area contributed by atoms with E-state index in [0.29, 0.717) is 5.25 Å². The highest BCUT2D eigenvalue weighted by atomic mass is 35.5. The summed E-state index contributed by atoms with van der Waals surface area (Å²) in [6.45, 7) is 7.80. The molecule has 1 aliphatic rings. The number of imidazole rings is 1. The van der Waals surface area contributed by atoms with Crippen molar-refractivity contribution < 1.29 is 5.11 Å². The first-order valence-electron chi connectivity index (χ1n) is 8.02. The van der Waals surface area contributed by atoms with Gasteiger partial charge < -0.3 is 20.3 Å². The molecule has 5 nitrogen and oxygen atoms in total. The van der Waals surface area contributed by atoms with E-state index in [9.17, 15) is 5.11 Å². The van der Waals surface area contributed by atoms with Crippen molar-refractivity contribution in [1.29, 1.82) is 0 Å². The number of anilines is 1. The summed E-state index contributed by atoms with van der Waals surface area (Å²) in [4.78, 5) is 10.3. The molecule has 3 rings (SSSR count). The fraction of sp³-hybridized carbons (Fsp3) is 0.562. The summed E-state index contributed by atoms with van der Waals surface area (Å²) in [5.74, 6) is 0. The number of thioether (sulfide) groups is 1. The third-order valence-electron chi connectivity index (χ3n) is 3.97. The summed E-state index contributed by atoms with van der Waals surface area (Å²) >= 11 is 8.12. The number of nitrogens with zero attached hydrogens (tertiary/aromatic N) is 2. The predicted octanol–water partition coefficient (Wildman–Crippen LogP) is 3.72. The number of aromatic amines is 1. The summed E-state index contributed by atoms with van der Waals surface area (Å²) < 4.78 is 0. The zero-order valence-electron chi connectivity index (χ0n) is 14.3. The summed E-state index contributed by atoms with van der Waals surface area (Å²) in [6.07, 6.45) is 0.449. The maximum Gasteiger partial charge on any atom is 0.166 e. The molecule has 25 heavy (non-hydrogen) atoms. The van der Waals surface area contributed by atoms with Crippen LogP contribution >= 0.6 is 48.2 Å². The molecule has 1 saturated heterocycles. The van der Waals surface area contributed by atoms with Crippen LogP contribution in [-0.4, -0.2) is 52.6 Å². The fourth-order valence-electron chi connectivity index (χ4n) is 2.92. The summed E-state index contributed by atoms with van der Waals surface area (Å²) in [7, 11) is 0. The number of benzene rings is 1. The van der Waals surface area contributed by atoms with E-state index in [0.717, 1.165) is 59.5 Å². The SMILES string of the molecule is C[C@H](C[C@@H](C)O)Sc1nc2cc(N3CCNCC3)c(Cl)cc2[nH]1.Cl.Cl. The fourth-order valence-corrected chi connectivity index (χ4v) is 4.28. The first-order valence-corrected chi connectivity index (χ1v) is 9.28. The number of piperazine rings is 1. The van der Waals surface area contributed by atoms with E-state index >= 15 is 0 Å². The summed E-state index contributed by atoms with van der Waals surface area (Å²) in [5, 5.41) is 14.8. The first-order chi connectivity index (χ1) is 11.0. The molecule has 1 fully saturated rings. The van der Waals surface area contributed by atoms with Gasteiger partial charge in [-0.3, -0.25) is 0 Å². The van der Waals surface area contributed by atoms with E-state index in [4.69, 9.17) is 11.6 Å². The third-order valence-corrected chi connectivity index (χ3v) is 5.29. The molecule has 0 bridgehead atoms. The number of aromatic nitrogens is 2. The van der Waals surface area contributed by atoms with Gasteiger partial charge in [-0.1, -0.05) is 30.3 Å². The number of aliphatic hydroxyl groups excluding tert-OH is 1. The lowest BCUT2D eigenvalue weighted by molar-refractivity contribution is 0.185. The number of rotatable bonds is 5. The lowest BCUT2D eigenvalue weighted by Crippen LogP contribution is -2.43. The highest BCUT2D eigenvalue weighted by Gasteiger charge is 2.17. The Morgan fingerprint density at radius 3 is 2.60 bits per heavy atom. The Kier molecular flexibility index (Phi) is 9.15. The molecule has 1 aliphatic heterocycles. The predicted molar refractivity (Wildman–Crippen MR) is 112 cm³/mol. The van der Waals surface area contributed by atoms with Gasteiger partial charge in [-0.05, 0) is 25.5 Å². The zero-order valence-corrected chi connectivity index (χ0v) is 17.5. The van der Waals surface area contributed by atoms with Crippen LogP contribution in [0.15, 0.2) is 17.3 Å². The molecule has 2 atom stereocenters. The van der Waals surface area contributed by atoms with Gasteiger partial charge in [-0.2, -0.15) is 0 Å². The number of fused-ring (bicyclic) bond motifs is 1. The maximum absolute atomic E-state index is 9.49. The maximum atomic E-state index is 9.49. The summed E-state index contributed by atoms with van der Waals surface area (Å²) in [6, 6.07) is 4.04. The Balaban J connectivity index is 0.00000156. The molecule has 2 aromatic rings. The van der Waals surface area contributed by atoms with Crippen molar-refractivity contribution in [2.24, 2.45) is 0 Å². The van der Waals surface area contributed by atoms with Gasteiger partial charge in [0.2, 0.25) is 0 Å². The van der Waals surface area contributed by atoms with Crippen LogP contribution in [0.25, 0.3) is 11.0 Å². The van der Waals surface area contributed by atoms with Crippen molar-refractivity contribution in [3.63, 3.8) is 0 Å². The van der Waals surface area contributed by atoms with Crippen LogP contribution in [0.3, 0.4) is 0 Å². The van der Waals surface area contributed by atoms with Crippen LogP contribution in [-0.2, 0) is 0 Å². The van der Waals surface area contributed by atoms with Crippen molar-refractivity contribution in [3.8, 4) is 0 Å². The van der Waals surface area contributed by atoms with Crippen LogP contribution in [0, 0.1) is 0 Å². The van der Waals surface area contributed by atoms with Crippen molar-refractivity contribution in [2.75, 3.05) is 31.1 Å². The Morgan fingerprint density at radius 2 is 1.96 bits per heavy atom. The largest absolute Gasteiger partial charge is 0.393 e. The first kappa shape index (κ1) is 22.7. The van der Waals surface area contributed by atoms with Gasteiger partial charge in [0.05, 0.1) is 27.8 Å². The van der Waals surface area contributed by atoms with Crippen LogP contribution in [0.4, 0.5) is 5.69 Å². The van der Waals surface area contributed by atoms with Crippen molar-refractivity contribution in [1.82, 2.24) is 15.3 Å². The second-order valence-corrected chi connectivity index (χ2v) is 7.95. The van der Waals surface area contributed by atoms with Gasteiger partial charge >= 0.3 is 0 Å². The number of hydrogen-bond acceptors (Lipinski definition) is 5.